The van der Waals surface area contributed by atoms with E-state index in [1.54, 1.807) is 43.3 Å². The molecule has 0 bridgehead atoms. The van der Waals surface area contributed by atoms with E-state index in [9.17, 15) is 23.3 Å². The summed E-state index contributed by atoms with van der Waals surface area (Å²) < 4.78 is 39.4. The van der Waals surface area contributed by atoms with Crippen molar-refractivity contribution in [2.24, 2.45) is 5.10 Å². The Morgan fingerprint density at radius 2 is 1.85 bits per heavy atom. The van der Waals surface area contributed by atoms with E-state index in [-0.39, 0.29) is 34.4 Å². The summed E-state index contributed by atoms with van der Waals surface area (Å²) in [5.41, 5.74) is 2.89. The topological polar surface area (TPSA) is 144 Å². The Morgan fingerprint density at radius 1 is 1.10 bits per heavy atom. The van der Waals surface area contributed by atoms with E-state index >= 15 is 0 Å². The Bertz CT molecular complexity index is 1650. The maximum atomic E-state index is 13.6. The fourth-order valence-electron chi connectivity index (χ4n) is 3.66. The molecule has 4 rings (SSSR count). The molecule has 0 aliphatic heterocycles. The minimum Gasteiger partial charge on any atom is -0.492 e. The lowest BCUT2D eigenvalue weighted by molar-refractivity contribution is -0.384. The molecule has 1 N–H and O–H groups in total. The number of benzene rings is 3. The zero-order chi connectivity index (χ0) is 28.7. The van der Waals surface area contributed by atoms with Crippen molar-refractivity contribution >= 4 is 45.1 Å². The lowest BCUT2D eigenvalue weighted by Crippen LogP contribution is -2.39. The Morgan fingerprint density at radius 3 is 2.58 bits per heavy atom. The highest BCUT2D eigenvalue weighted by atomic mass is 35.5. The molecular weight excluding hydrogens is 560 g/mol. The highest BCUT2D eigenvalue weighted by molar-refractivity contribution is 7.92. The van der Waals surface area contributed by atoms with E-state index in [0.29, 0.717) is 16.3 Å². The van der Waals surface area contributed by atoms with Gasteiger partial charge in [-0.2, -0.15) is 5.10 Å². The van der Waals surface area contributed by atoms with Gasteiger partial charge in [0.1, 0.15) is 23.8 Å². The Balaban J connectivity index is 1.53. The second-order valence-corrected chi connectivity index (χ2v) is 10.5. The first-order chi connectivity index (χ1) is 19.2. The highest BCUT2D eigenvalue weighted by Crippen LogP contribution is 2.32. The van der Waals surface area contributed by atoms with Crippen molar-refractivity contribution in [3.05, 3.63) is 106 Å². The number of halogens is 1. The van der Waals surface area contributed by atoms with Gasteiger partial charge in [-0.15, -0.1) is 0 Å². The van der Waals surface area contributed by atoms with Gasteiger partial charge in [0.25, 0.3) is 21.6 Å². The molecule has 0 radical (unpaired) electrons. The first-order valence-electron chi connectivity index (χ1n) is 11.9. The summed E-state index contributed by atoms with van der Waals surface area (Å²) >= 11 is 5.93. The van der Waals surface area contributed by atoms with Gasteiger partial charge in [0.05, 0.1) is 28.3 Å². The van der Waals surface area contributed by atoms with Crippen molar-refractivity contribution in [1.29, 1.82) is 0 Å². The average molecular weight is 583 g/mol. The number of furan rings is 1. The largest absolute Gasteiger partial charge is 0.492 e. The third-order valence-electron chi connectivity index (χ3n) is 5.47. The number of nitro groups is 1. The van der Waals surface area contributed by atoms with Crippen LogP contribution in [0.3, 0.4) is 0 Å². The van der Waals surface area contributed by atoms with Crippen molar-refractivity contribution in [3.63, 3.8) is 0 Å². The lowest BCUT2D eigenvalue weighted by atomic mass is 10.1. The number of anilines is 1. The number of amides is 1. The highest BCUT2D eigenvalue weighted by Gasteiger charge is 2.29. The van der Waals surface area contributed by atoms with E-state index in [2.05, 4.69) is 10.5 Å². The summed E-state index contributed by atoms with van der Waals surface area (Å²) in [6.45, 7) is 1.43. The number of non-ortho nitro benzene ring substituents is 1. The molecule has 3 aromatic carbocycles. The number of sulfonamides is 1. The van der Waals surface area contributed by atoms with Gasteiger partial charge in [0.2, 0.25) is 0 Å². The van der Waals surface area contributed by atoms with E-state index < -0.39 is 27.4 Å². The molecule has 0 saturated carbocycles. The number of para-hydroxylation sites is 2. The molecule has 0 unspecified atom stereocenters. The molecule has 1 amide bonds. The third-order valence-corrected chi connectivity index (χ3v) is 7.50. The van der Waals surface area contributed by atoms with Crippen LogP contribution >= 0.6 is 11.6 Å². The number of nitrogens with one attached hydrogen (secondary N) is 1. The first-order valence-corrected chi connectivity index (χ1v) is 13.7. The third kappa shape index (κ3) is 6.65. The maximum absolute atomic E-state index is 13.6. The van der Waals surface area contributed by atoms with E-state index in [1.807, 2.05) is 0 Å². The predicted octanol–water partition coefficient (Wildman–Crippen LogP) is 5.25. The van der Waals surface area contributed by atoms with Gasteiger partial charge in [-0.05, 0) is 55.5 Å². The fraction of sp³-hybridized carbons (Fsp3) is 0.111. The molecule has 1 aromatic heterocycles. The Hall–Kier alpha value is -4.68. The summed E-state index contributed by atoms with van der Waals surface area (Å²) in [6, 6.07) is 21.2. The van der Waals surface area contributed by atoms with Crippen molar-refractivity contribution in [2.75, 3.05) is 17.5 Å². The van der Waals surface area contributed by atoms with E-state index in [4.69, 9.17) is 20.8 Å². The van der Waals surface area contributed by atoms with Crippen molar-refractivity contribution in [1.82, 2.24) is 5.43 Å². The second kappa shape index (κ2) is 12.5. The van der Waals surface area contributed by atoms with Gasteiger partial charge in [0.15, 0.2) is 0 Å². The predicted molar refractivity (Wildman–Crippen MR) is 150 cm³/mol. The van der Waals surface area contributed by atoms with E-state index in [1.165, 1.54) is 54.7 Å². The van der Waals surface area contributed by atoms with Crippen LogP contribution in [0.5, 0.6) is 5.75 Å². The zero-order valence-electron chi connectivity index (χ0n) is 21.1. The molecule has 40 heavy (non-hydrogen) atoms. The number of hydrogen-bond acceptors (Lipinski definition) is 8. The number of carbonyl (C=O) groups excluding carboxylic acids is 1. The Labute approximate surface area is 234 Å². The zero-order valence-corrected chi connectivity index (χ0v) is 22.6. The number of carbonyl (C=O) groups is 1. The smallest absolute Gasteiger partial charge is 0.270 e. The molecule has 1 heterocycles. The number of nitro benzene ring substituents is 1. The molecule has 0 aliphatic carbocycles. The monoisotopic (exact) mass is 582 g/mol. The normalized spacial score (nSPS) is 11.3. The summed E-state index contributed by atoms with van der Waals surface area (Å²) in [5, 5.41) is 15.3. The van der Waals surface area contributed by atoms with Gasteiger partial charge in [-0.3, -0.25) is 19.2 Å². The van der Waals surface area contributed by atoms with Gasteiger partial charge >= 0.3 is 0 Å². The van der Waals surface area contributed by atoms with Crippen LogP contribution in [0.25, 0.3) is 11.3 Å². The number of hydrogen-bond donors (Lipinski definition) is 1. The molecule has 0 aliphatic rings. The maximum Gasteiger partial charge on any atom is 0.270 e. The molecular formula is C27H23ClN4O7S. The number of rotatable bonds is 11. The van der Waals surface area contributed by atoms with Gasteiger partial charge < -0.3 is 9.15 Å². The minimum absolute atomic E-state index is 0.0660. The molecule has 0 saturated heterocycles. The molecule has 11 nitrogen and oxygen atoms in total. The quantitative estimate of drug-likeness (QED) is 0.144. The van der Waals surface area contributed by atoms with Gasteiger partial charge in [0, 0.05) is 22.7 Å². The first kappa shape index (κ1) is 28.3. The summed E-state index contributed by atoms with van der Waals surface area (Å²) in [4.78, 5) is 23.3. The van der Waals surface area contributed by atoms with Crippen LogP contribution in [0.15, 0.2) is 99.3 Å². The van der Waals surface area contributed by atoms with Crippen LogP contribution in [0.2, 0.25) is 5.02 Å². The van der Waals surface area contributed by atoms with Crippen molar-refractivity contribution in [2.45, 2.75) is 11.8 Å². The molecule has 0 spiro atoms. The minimum atomic E-state index is -4.21. The van der Waals surface area contributed by atoms with Crippen LogP contribution in [-0.2, 0) is 14.8 Å². The van der Waals surface area contributed by atoms with E-state index in [0.717, 1.165) is 4.31 Å². The number of hydrazone groups is 1. The fourth-order valence-corrected chi connectivity index (χ4v) is 5.22. The summed E-state index contributed by atoms with van der Waals surface area (Å²) in [6.07, 6.45) is 1.23. The van der Waals surface area contributed by atoms with Crippen LogP contribution in [-0.4, -0.2) is 38.6 Å². The molecule has 4 aromatic rings. The van der Waals surface area contributed by atoms with Crippen LogP contribution in [0.1, 0.15) is 12.7 Å². The molecule has 0 atom stereocenters. The average Bonchev–Trinajstić information content (AvgIpc) is 3.42. The summed E-state index contributed by atoms with van der Waals surface area (Å²) in [7, 11) is -4.21. The van der Waals surface area contributed by atoms with Crippen molar-refractivity contribution in [3.8, 4) is 17.1 Å². The molecule has 13 heteroatoms. The number of nitrogens with zero attached hydrogens (tertiary/aromatic N) is 3. The van der Waals surface area contributed by atoms with Gasteiger partial charge in [-0.25, -0.2) is 13.8 Å². The van der Waals surface area contributed by atoms with Gasteiger partial charge in [-0.1, -0.05) is 35.9 Å². The second-order valence-electron chi connectivity index (χ2n) is 8.17. The van der Waals surface area contributed by atoms with Crippen LogP contribution < -0.4 is 14.5 Å². The Kier molecular flexibility index (Phi) is 8.82. The SMILES string of the molecule is CCOc1ccccc1N(CC(=O)N/N=C\c1ccc(-c2cccc([N+](=O)[O-])c2)o1)S(=O)(=O)c1ccc(Cl)cc1. The standard InChI is InChI=1S/C27H23ClN4O7S/c1-2-38-26-9-4-3-8-24(26)31(40(36,37)23-13-10-20(28)11-14-23)18-27(33)30-29-17-22-12-15-25(39-22)19-6-5-7-21(16-19)32(34)35/h3-17H,2,18H2,1H3,(H,30,33)/b29-17-. The number of ether oxygens (including phenoxy) is 1. The summed E-state index contributed by atoms with van der Waals surface area (Å²) in [5.74, 6) is 0.173. The molecule has 206 valence electrons. The molecule has 0 fully saturated rings. The van der Waals surface area contributed by atoms with Crippen LogP contribution in [0, 0.1) is 10.1 Å². The lowest BCUT2D eigenvalue weighted by Gasteiger charge is -2.25. The van der Waals surface area contributed by atoms with Crippen LogP contribution in [0.4, 0.5) is 11.4 Å². The van der Waals surface area contributed by atoms with Crippen molar-refractivity contribution < 1.29 is 27.3 Å².